The highest BCUT2D eigenvalue weighted by Crippen LogP contribution is 2.22. The fourth-order valence-electron chi connectivity index (χ4n) is 1.35. The van der Waals surface area contributed by atoms with Crippen molar-refractivity contribution in [3.05, 3.63) is 30.1 Å². The predicted octanol–water partition coefficient (Wildman–Crippen LogP) is 2.83. The third-order valence-corrected chi connectivity index (χ3v) is 3.44. The van der Waals surface area contributed by atoms with Crippen LogP contribution in [0, 0.1) is 5.82 Å². The van der Waals surface area contributed by atoms with E-state index in [0.717, 1.165) is 12.2 Å². The van der Waals surface area contributed by atoms with Crippen LogP contribution < -0.4 is 0 Å². The molecule has 0 unspecified atom stereocenters. The first-order chi connectivity index (χ1) is 8.65. The lowest BCUT2D eigenvalue weighted by molar-refractivity contribution is -0.151. The predicted molar refractivity (Wildman–Crippen MR) is 68.0 cm³/mol. The van der Waals surface area contributed by atoms with Gasteiger partial charge >= 0.3 is 5.97 Å². The lowest BCUT2D eigenvalue weighted by Crippen LogP contribution is -2.14. The SMILES string of the molecule is COC(=O)C(=O)CCCCSc1ccccc1F. The molecule has 5 heteroatoms. The number of thioether (sulfide) groups is 1. The molecular formula is C13H15FO3S. The van der Waals surface area contributed by atoms with Gasteiger partial charge in [-0.15, -0.1) is 11.8 Å². The quantitative estimate of drug-likeness (QED) is 0.331. The standard InChI is InChI=1S/C13H15FO3S/c1-17-13(16)11(15)7-4-5-9-18-12-8-3-2-6-10(12)14/h2-3,6,8H,4-5,7,9H2,1H3. The molecule has 98 valence electrons. The number of ether oxygens (including phenoxy) is 1. The second-order valence-electron chi connectivity index (χ2n) is 3.65. The molecule has 0 N–H and O–H groups in total. The number of Topliss-reactive ketones (excluding diaryl/α,β-unsaturated/α-hetero) is 1. The topological polar surface area (TPSA) is 43.4 Å². The number of rotatable bonds is 7. The summed E-state index contributed by atoms with van der Waals surface area (Å²) in [5.74, 6) is -0.812. The van der Waals surface area contributed by atoms with E-state index in [1.807, 2.05) is 0 Å². The fraction of sp³-hybridized carbons (Fsp3) is 0.385. The molecular weight excluding hydrogens is 255 g/mol. The van der Waals surface area contributed by atoms with Crippen molar-refractivity contribution in [2.45, 2.75) is 24.2 Å². The van der Waals surface area contributed by atoms with Gasteiger partial charge in [0.2, 0.25) is 5.78 Å². The normalized spacial score (nSPS) is 10.1. The average molecular weight is 270 g/mol. The summed E-state index contributed by atoms with van der Waals surface area (Å²) in [6.45, 7) is 0. The monoisotopic (exact) mass is 270 g/mol. The Morgan fingerprint density at radius 3 is 2.67 bits per heavy atom. The Balaban J connectivity index is 2.18. The summed E-state index contributed by atoms with van der Waals surface area (Å²) in [7, 11) is 1.19. The van der Waals surface area contributed by atoms with Crippen molar-refractivity contribution < 1.29 is 18.7 Å². The van der Waals surface area contributed by atoms with Crippen molar-refractivity contribution in [2.24, 2.45) is 0 Å². The summed E-state index contributed by atoms with van der Waals surface area (Å²) in [5.41, 5.74) is 0. The van der Waals surface area contributed by atoms with Crippen LogP contribution in [0.5, 0.6) is 0 Å². The molecule has 0 aliphatic carbocycles. The number of benzene rings is 1. The maximum Gasteiger partial charge on any atom is 0.374 e. The third-order valence-electron chi connectivity index (χ3n) is 2.31. The van der Waals surface area contributed by atoms with Gasteiger partial charge in [-0.25, -0.2) is 9.18 Å². The zero-order valence-corrected chi connectivity index (χ0v) is 11.0. The van der Waals surface area contributed by atoms with Gasteiger partial charge < -0.3 is 4.74 Å². The van der Waals surface area contributed by atoms with Crippen molar-refractivity contribution in [3.8, 4) is 0 Å². The lowest BCUT2D eigenvalue weighted by atomic mass is 10.2. The van der Waals surface area contributed by atoms with Crippen LogP contribution in [0.4, 0.5) is 4.39 Å². The first-order valence-electron chi connectivity index (χ1n) is 5.63. The highest BCUT2D eigenvalue weighted by Gasteiger charge is 2.12. The van der Waals surface area contributed by atoms with Crippen LogP contribution in [0.2, 0.25) is 0 Å². The van der Waals surface area contributed by atoms with E-state index in [1.54, 1.807) is 18.2 Å². The zero-order valence-electron chi connectivity index (χ0n) is 10.1. The summed E-state index contributed by atoms with van der Waals surface area (Å²) < 4.78 is 17.6. The van der Waals surface area contributed by atoms with Gasteiger partial charge in [-0.1, -0.05) is 12.1 Å². The first-order valence-corrected chi connectivity index (χ1v) is 6.62. The van der Waals surface area contributed by atoms with Crippen LogP contribution in [-0.4, -0.2) is 24.6 Å². The summed E-state index contributed by atoms with van der Waals surface area (Å²) in [6, 6.07) is 6.57. The molecule has 0 amide bonds. The number of ketones is 1. The minimum atomic E-state index is -0.795. The van der Waals surface area contributed by atoms with E-state index in [0.29, 0.717) is 11.3 Å². The summed E-state index contributed by atoms with van der Waals surface area (Å²) in [5, 5.41) is 0. The van der Waals surface area contributed by atoms with Gasteiger partial charge in [0, 0.05) is 11.3 Å². The second-order valence-corrected chi connectivity index (χ2v) is 4.79. The lowest BCUT2D eigenvalue weighted by Gasteiger charge is -2.02. The van der Waals surface area contributed by atoms with Crippen LogP contribution in [0.15, 0.2) is 29.2 Å². The van der Waals surface area contributed by atoms with Crippen LogP contribution >= 0.6 is 11.8 Å². The molecule has 1 rings (SSSR count). The number of carbonyl (C=O) groups is 2. The Labute approximate surface area is 110 Å². The molecule has 0 aliphatic rings. The molecule has 0 saturated carbocycles. The molecule has 0 aromatic heterocycles. The Morgan fingerprint density at radius 1 is 1.28 bits per heavy atom. The minimum Gasteiger partial charge on any atom is -0.463 e. The number of carbonyl (C=O) groups excluding carboxylic acids is 2. The van der Waals surface area contributed by atoms with E-state index in [-0.39, 0.29) is 12.2 Å². The maximum absolute atomic E-state index is 13.2. The van der Waals surface area contributed by atoms with Crippen molar-refractivity contribution >= 4 is 23.5 Å². The van der Waals surface area contributed by atoms with Gasteiger partial charge in [0.1, 0.15) is 5.82 Å². The van der Waals surface area contributed by atoms with E-state index in [4.69, 9.17) is 0 Å². The van der Waals surface area contributed by atoms with Gasteiger partial charge in [0.25, 0.3) is 0 Å². The van der Waals surface area contributed by atoms with Crippen LogP contribution in [0.3, 0.4) is 0 Å². The molecule has 0 radical (unpaired) electrons. The van der Waals surface area contributed by atoms with Crippen molar-refractivity contribution in [3.63, 3.8) is 0 Å². The molecule has 0 bridgehead atoms. The zero-order chi connectivity index (χ0) is 13.4. The molecule has 1 aromatic rings. The molecule has 18 heavy (non-hydrogen) atoms. The van der Waals surface area contributed by atoms with Gasteiger partial charge in [0.05, 0.1) is 7.11 Å². The Hall–Kier alpha value is -1.36. The van der Waals surface area contributed by atoms with E-state index >= 15 is 0 Å². The highest BCUT2D eigenvalue weighted by molar-refractivity contribution is 7.99. The van der Waals surface area contributed by atoms with E-state index in [2.05, 4.69) is 4.74 Å². The summed E-state index contributed by atoms with van der Waals surface area (Å²) in [4.78, 5) is 22.5. The Kier molecular flexibility index (Phi) is 6.43. The molecule has 1 aromatic carbocycles. The van der Waals surface area contributed by atoms with Crippen LogP contribution in [-0.2, 0) is 14.3 Å². The van der Waals surface area contributed by atoms with Gasteiger partial charge in [-0.3, -0.25) is 4.79 Å². The van der Waals surface area contributed by atoms with E-state index < -0.39 is 11.8 Å². The van der Waals surface area contributed by atoms with Gasteiger partial charge in [-0.05, 0) is 30.7 Å². The number of halogens is 1. The molecule has 0 spiro atoms. The smallest absolute Gasteiger partial charge is 0.374 e. The Bertz CT molecular complexity index is 420. The molecule has 0 aliphatic heterocycles. The molecule has 3 nitrogen and oxygen atoms in total. The van der Waals surface area contributed by atoms with Gasteiger partial charge in [0.15, 0.2) is 0 Å². The number of esters is 1. The number of hydrogen-bond donors (Lipinski definition) is 0. The highest BCUT2D eigenvalue weighted by atomic mass is 32.2. The second kappa shape index (κ2) is 7.87. The van der Waals surface area contributed by atoms with Crippen LogP contribution in [0.25, 0.3) is 0 Å². The molecule has 0 heterocycles. The minimum absolute atomic E-state index is 0.185. The summed E-state index contributed by atoms with van der Waals surface area (Å²) >= 11 is 1.41. The molecule has 0 atom stereocenters. The van der Waals surface area contributed by atoms with Gasteiger partial charge in [-0.2, -0.15) is 0 Å². The average Bonchev–Trinajstić information content (AvgIpc) is 2.39. The number of hydrogen-bond acceptors (Lipinski definition) is 4. The van der Waals surface area contributed by atoms with Crippen LogP contribution in [0.1, 0.15) is 19.3 Å². The van der Waals surface area contributed by atoms with Crippen molar-refractivity contribution in [1.82, 2.24) is 0 Å². The number of unbranched alkanes of at least 4 members (excludes halogenated alkanes) is 1. The largest absolute Gasteiger partial charge is 0.463 e. The van der Waals surface area contributed by atoms with E-state index in [9.17, 15) is 14.0 Å². The third kappa shape index (κ3) is 4.87. The van der Waals surface area contributed by atoms with E-state index in [1.165, 1.54) is 24.9 Å². The first kappa shape index (κ1) is 14.7. The molecule has 0 fully saturated rings. The maximum atomic E-state index is 13.2. The summed E-state index contributed by atoms with van der Waals surface area (Å²) in [6.07, 6.45) is 1.54. The fourth-order valence-corrected chi connectivity index (χ4v) is 2.30. The number of methoxy groups -OCH3 is 1. The molecule has 0 saturated heterocycles. The Morgan fingerprint density at radius 2 is 2.00 bits per heavy atom. The van der Waals surface area contributed by atoms with Crippen molar-refractivity contribution in [1.29, 1.82) is 0 Å². The van der Waals surface area contributed by atoms with Crippen molar-refractivity contribution in [2.75, 3.05) is 12.9 Å².